The maximum atomic E-state index is 12.7. The van der Waals surface area contributed by atoms with Gasteiger partial charge in [0.25, 0.3) is 5.91 Å². The summed E-state index contributed by atoms with van der Waals surface area (Å²) in [5.41, 5.74) is 1.72. The van der Waals surface area contributed by atoms with Gasteiger partial charge in [-0.25, -0.2) is 0 Å². The molecule has 2 aromatic carbocycles. The predicted octanol–water partition coefficient (Wildman–Crippen LogP) is 3.70. The summed E-state index contributed by atoms with van der Waals surface area (Å²) in [7, 11) is 0. The Morgan fingerprint density at radius 1 is 1.00 bits per heavy atom. The molecule has 0 radical (unpaired) electrons. The topological polar surface area (TPSA) is 60.9 Å². The molecule has 1 fully saturated rings. The smallest absolute Gasteiger partial charge is 0.303 e. The zero-order valence-corrected chi connectivity index (χ0v) is 15.8. The minimum atomic E-state index is -0.786. The van der Waals surface area contributed by atoms with E-state index < -0.39 is 5.97 Å². The lowest BCUT2D eigenvalue weighted by Gasteiger charge is -2.39. The molecule has 142 valence electrons. The van der Waals surface area contributed by atoms with Crippen LogP contribution in [0.3, 0.4) is 0 Å². The van der Waals surface area contributed by atoms with E-state index in [1.165, 1.54) is 0 Å². The number of piperazine rings is 1. The minimum Gasteiger partial charge on any atom is -0.481 e. The molecular formula is C21H23ClN2O3. The fourth-order valence-electron chi connectivity index (χ4n) is 3.54. The van der Waals surface area contributed by atoms with Crippen LogP contribution in [0.2, 0.25) is 5.02 Å². The van der Waals surface area contributed by atoms with Gasteiger partial charge in [-0.15, -0.1) is 0 Å². The number of rotatable bonds is 6. The van der Waals surface area contributed by atoms with Crippen molar-refractivity contribution in [3.8, 4) is 0 Å². The number of hydrogen-bond acceptors (Lipinski definition) is 3. The third-order valence-electron chi connectivity index (χ3n) is 4.93. The summed E-state index contributed by atoms with van der Waals surface area (Å²) in [6.45, 7) is 2.65. The molecule has 1 aliphatic heterocycles. The minimum absolute atomic E-state index is 0.0149. The van der Waals surface area contributed by atoms with Gasteiger partial charge in [0.15, 0.2) is 0 Å². The van der Waals surface area contributed by atoms with E-state index in [4.69, 9.17) is 16.7 Å². The van der Waals surface area contributed by atoms with Crippen LogP contribution in [0, 0.1) is 0 Å². The second kappa shape index (κ2) is 9.02. The Morgan fingerprint density at radius 2 is 1.70 bits per heavy atom. The lowest BCUT2D eigenvalue weighted by molar-refractivity contribution is -0.137. The van der Waals surface area contributed by atoms with E-state index >= 15 is 0 Å². The molecule has 0 spiro atoms. The van der Waals surface area contributed by atoms with Crippen LogP contribution in [0.4, 0.5) is 0 Å². The molecule has 0 saturated carbocycles. The van der Waals surface area contributed by atoms with Gasteiger partial charge in [-0.2, -0.15) is 0 Å². The highest BCUT2D eigenvalue weighted by Gasteiger charge is 2.27. The van der Waals surface area contributed by atoms with Gasteiger partial charge >= 0.3 is 5.97 Å². The standard InChI is InChI=1S/C21H23ClN2O3/c22-18-8-4-7-17(15-18)21(27)24-13-11-23(12-14-24)19(9-10-20(25)26)16-5-2-1-3-6-16/h1-8,15,19H,9-14H2,(H,25,26)/t19-/m0/s1. The Labute approximate surface area is 164 Å². The summed E-state index contributed by atoms with van der Waals surface area (Å²) in [4.78, 5) is 27.9. The molecule has 6 heteroatoms. The highest BCUT2D eigenvalue weighted by Crippen LogP contribution is 2.27. The van der Waals surface area contributed by atoms with Crippen molar-refractivity contribution in [1.82, 2.24) is 9.80 Å². The highest BCUT2D eigenvalue weighted by molar-refractivity contribution is 6.30. The van der Waals surface area contributed by atoms with E-state index in [9.17, 15) is 9.59 Å². The molecule has 5 nitrogen and oxygen atoms in total. The predicted molar refractivity (Wildman–Crippen MR) is 105 cm³/mol. The number of amides is 1. The van der Waals surface area contributed by atoms with E-state index in [-0.39, 0.29) is 18.4 Å². The van der Waals surface area contributed by atoms with Crippen molar-refractivity contribution >= 4 is 23.5 Å². The number of hydrogen-bond donors (Lipinski definition) is 1. The van der Waals surface area contributed by atoms with Crippen molar-refractivity contribution in [2.45, 2.75) is 18.9 Å². The summed E-state index contributed by atoms with van der Waals surface area (Å²) in [6, 6.07) is 17.0. The van der Waals surface area contributed by atoms with Crippen molar-refractivity contribution in [2.24, 2.45) is 0 Å². The lowest BCUT2D eigenvalue weighted by atomic mass is 9.99. The summed E-state index contributed by atoms with van der Waals surface area (Å²) in [5, 5.41) is 9.64. The summed E-state index contributed by atoms with van der Waals surface area (Å²) in [5.74, 6) is -0.801. The molecule has 3 rings (SSSR count). The second-order valence-electron chi connectivity index (χ2n) is 6.70. The van der Waals surface area contributed by atoms with Gasteiger partial charge < -0.3 is 10.0 Å². The molecule has 0 unspecified atom stereocenters. The van der Waals surface area contributed by atoms with Crippen molar-refractivity contribution in [3.63, 3.8) is 0 Å². The number of halogens is 1. The Morgan fingerprint density at radius 3 is 2.33 bits per heavy atom. The van der Waals surface area contributed by atoms with Crippen LogP contribution in [-0.2, 0) is 4.79 Å². The fourth-order valence-corrected chi connectivity index (χ4v) is 3.73. The van der Waals surface area contributed by atoms with Gasteiger partial charge in [-0.1, -0.05) is 48.0 Å². The van der Waals surface area contributed by atoms with Crippen LogP contribution in [0.25, 0.3) is 0 Å². The van der Waals surface area contributed by atoms with Crippen LogP contribution in [0.15, 0.2) is 54.6 Å². The first-order chi connectivity index (χ1) is 13.0. The molecule has 1 aliphatic rings. The van der Waals surface area contributed by atoms with Gasteiger partial charge in [0.05, 0.1) is 0 Å². The zero-order chi connectivity index (χ0) is 19.2. The lowest BCUT2D eigenvalue weighted by Crippen LogP contribution is -2.49. The molecule has 2 aromatic rings. The Hall–Kier alpha value is -2.37. The number of carboxylic acids is 1. The summed E-state index contributed by atoms with van der Waals surface area (Å²) < 4.78 is 0. The van der Waals surface area contributed by atoms with E-state index in [0.29, 0.717) is 43.2 Å². The summed E-state index contributed by atoms with van der Waals surface area (Å²) >= 11 is 5.99. The number of carbonyl (C=O) groups excluding carboxylic acids is 1. The number of aliphatic carboxylic acids is 1. The third-order valence-corrected chi connectivity index (χ3v) is 5.16. The molecule has 1 atom stereocenters. The highest BCUT2D eigenvalue weighted by atomic mass is 35.5. The molecular weight excluding hydrogens is 364 g/mol. The zero-order valence-electron chi connectivity index (χ0n) is 15.1. The SMILES string of the molecule is O=C(O)CC[C@@H](c1ccccc1)N1CCN(C(=O)c2cccc(Cl)c2)CC1. The van der Waals surface area contributed by atoms with Crippen LogP contribution in [-0.4, -0.2) is 53.0 Å². The molecule has 0 bridgehead atoms. The third kappa shape index (κ3) is 5.08. The Balaban J connectivity index is 1.66. The molecule has 1 saturated heterocycles. The van der Waals surface area contributed by atoms with E-state index in [2.05, 4.69) is 4.90 Å². The van der Waals surface area contributed by atoms with Gasteiger partial charge in [0.2, 0.25) is 0 Å². The number of benzene rings is 2. The molecule has 0 aliphatic carbocycles. The van der Waals surface area contributed by atoms with Gasteiger partial charge in [-0.05, 0) is 30.2 Å². The molecule has 1 N–H and O–H groups in total. The van der Waals surface area contributed by atoms with E-state index in [1.807, 2.05) is 35.2 Å². The maximum absolute atomic E-state index is 12.7. The molecule has 0 aromatic heterocycles. The Bertz CT molecular complexity index is 789. The first-order valence-electron chi connectivity index (χ1n) is 9.10. The molecule has 27 heavy (non-hydrogen) atoms. The van der Waals surface area contributed by atoms with E-state index in [1.54, 1.807) is 24.3 Å². The number of nitrogens with zero attached hydrogens (tertiary/aromatic N) is 2. The van der Waals surface area contributed by atoms with E-state index in [0.717, 1.165) is 5.56 Å². The van der Waals surface area contributed by atoms with Crippen molar-refractivity contribution in [3.05, 3.63) is 70.7 Å². The normalized spacial score (nSPS) is 16.1. The van der Waals surface area contributed by atoms with Crippen molar-refractivity contribution < 1.29 is 14.7 Å². The van der Waals surface area contributed by atoms with Crippen molar-refractivity contribution in [2.75, 3.05) is 26.2 Å². The largest absolute Gasteiger partial charge is 0.481 e. The monoisotopic (exact) mass is 386 g/mol. The average molecular weight is 387 g/mol. The first kappa shape index (κ1) is 19.4. The van der Waals surface area contributed by atoms with Crippen LogP contribution in [0.1, 0.15) is 34.8 Å². The molecule has 1 heterocycles. The number of carboxylic acid groups (broad SMARTS) is 1. The quantitative estimate of drug-likeness (QED) is 0.822. The van der Waals surface area contributed by atoms with Crippen LogP contribution < -0.4 is 0 Å². The van der Waals surface area contributed by atoms with Crippen LogP contribution in [0.5, 0.6) is 0 Å². The first-order valence-corrected chi connectivity index (χ1v) is 9.48. The van der Waals surface area contributed by atoms with Gasteiger partial charge in [0, 0.05) is 49.2 Å². The molecule has 1 amide bonds. The fraction of sp³-hybridized carbons (Fsp3) is 0.333. The van der Waals surface area contributed by atoms with Gasteiger partial charge in [0.1, 0.15) is 0 Å². The maximum Gasteiger partial charge on any atom is 0.303 e. The summed E-state index contributed by atoms with van der Waals surface area (Å²) in [6.07, 6.45) is 0.683. The Kier molecular flexibility index (Phi) is 6.48. The van der Waals surface area contributed by atoms with Crippen LogP contribution >= 0.6 is 11.6 Å². The van der Waals surface area contributed by atoms with Gasteiger partial charge in [-0.3, -0.25) is 14.5 Å². The average Bonchev–Trinajstić information content (AvgIpc) is 2.69. The second-order valence-corrected chi connectivity index (χ2v) is 7.13. The number of carbonyl (C=O) groups is 2. The van der Waals surface area contributed by atoms with Crippen molar-refractivity contribution in [1.29, 1.82) is 0 Å².